The molecule has 0 unspecified atom stereocenters. The molecule has 1 aliphatic heterocycles. The molecular formula is C27H29N5O3S2. The van der Waals surface area contributed by atoms with Crippen LogP contribution in [0.5, 0.6) is 0 Å². The van der Waals surface area contributed by atoms with E-state index >= 15 is 0 Å². The van der Waals surface area contributed by atoms with Gasteiger partial charge in [-0.1, -0.05) is 39.0 Å². The van der Waals surface area contributed by atoms with Crippen molar-refractivity contribution in [1.82, 2.24) is 25.3 Å². The van der Waals surface area contributed by atoms with Gasteiger partial charge in [0.1, 0.15) is 16.9 Å². The van der Waals surface area contributed by atoms with Crippen LogP contribution < -0.4 is 5.32 Å². The Labute approximate surface area is 220 Å². The first-order chi connectivity index (χ1) is 17.5. The summed E-state index contributed by atoms with van der Waals surface area (Å²) in [5.41, 5.74) is 6.29. The molecule has 37 heavy (non-hydrogen) atoms. The summed E-state index contributed by atoms with van der Waals surface area (Å²) in [6, 6.07) is 8.07. The molecule has 8 nitrogen and oxygen atoms in total. The zero-order chi connectivity index (χ0) is 26.4. The first kappa shape index (κ1) is 25.3. The number of thiazole rings is 1. The van der Waals surface area contributed by atoms with Crippen LogP contribution in [0.1, 0.15) is 58.7 Å². The Morgan fingerprint density at radius 1 is 1.16 bits per heavy atom. The average Bonchev–Trinajstić information content (AvgIpc) is 3.51. The van der Waals surface area contributed by atoms with Crippen LogP contribution in [0.4, 0.5) is 0 Å². The maximum Gasteiger partial charge on any atom is 0.263 e. The molecule has 0 fully saturated rings. The molecule has 3 aromatic heterocycles. The summed E-state index contributed by atoms with van der Waals surface area (Å²) in [5.74, 6) is 0.0948. The molecule has 2 N–H and O–H groups in total. The van der Waals surface area contributed by atoms with E-state index in [4.69, 9.17) is 0 Å². The van der Waals surface area contributed by atoms with Gasteiger partial charge in [0.05, 0.1) is 28.4 Å². The molecule has 0 bridgehead atoms. The SMILES string of the molecule is Cc1cc(-c2ncnc3[nH]c(C4=CCS(=O)(=O)CC4)cc23)ccc1CNC(=O)c1cnc(C(C)(C)C)s1. The number of benzene rings is 1. The highest BCUT2D eigenvalue weighted by Gasteiger charge is 2.21. The number of nitrogens with zero attached hydrogens (tertiary/aromatic N) is 3. The van der Waals surface area contributed by atoms with Crippen molar-refractivity contribution in [3.8, 4) is 11.3 Å². The molecule has 5 rings (SSSR count). The van der Waals surface area contributed by atoms with Crippen molar-refractivity contribution in [2.45, 2.75) is 46.1 Å². The van der Waals surface area contributed by atoms with E-state index in [-0.39, 0.29) is 22.8 Å². The summed E-state index contributed by atoms with van der Waals surface area (Å²) in [5, 5.41) is 4.83. The molecule has 0 radical (unpaired) electrons. The number of rotatable bonds is 5. The van der Waals surface area contributed by atoms with E-state index in [1.165, 1.54) is 17.7 Å². The third kappa shape index (κ3) is 5.35. The largest absolute Gasteiger partial charge is 0.347 e. The highest BCUT2D eigenvalue weighted by molar-refractivity contribution is 7.91. The Kier molecular flexibility index (Phi) is 6.49. The average molecular weight is 536 g/mol. The predicted octanol–water partition coefficient (Wildman–Crippen LogP) is 4.82. The third-order valence-corrected chi connectivity index (χ3v) is 9.39. The van der Waals surface area contributed by atoms with Crippen molar-refractivity contribution in [3.63, 3.8) is 0 Å². The van der Waals surface area contributed by atoms with Crippen LogP contribution in [0.25, 0.3) is 27.9 Å². The highest BCUT2D eigenvalue weighted by Crippen LogP contribution is 2.31. The quantitative estimate of drug-likeness (QED) is 0.378. The summed E-state index contributed by atoms with van der Waals surface area (Å²) in [4.78, 5) is 29.9. The lowest BCUT2D eigenvalue weighted by Crippen LogP contribution is -2.22. The number of aryl methyl sites for hydroxylation is 1. The van der Waals surface area contributed by atoms with E-state index in [0.29, 0.717) is 23.5 Å². The van der Waals surface area contributed by atoms with Crippen molar-refractivity contribution < 1.29 is 13.2 Å². The lowest BCUT2D eigenvalue weighted by molar-refractivity contribution is 0.0954. The van der Waals surface area contributed by atoms with Crippen LogP contribution in [0.15, 0.2) is 42.9 Å². The molecule has 0 saturated heterocycles. The van der Waals surface area contributed by atoms with Crippen LogP contribution in [0, 0.1) is 6.92 Å². The van der Waals surface area contributed by atoms with E-state index in [0.717, 1.165) is 44.0 Å². The van der Waals surface area contributed by atoms with Gasteiger partial charge in [-0.3, -0.25) is 4.79 Å². The number of allylic oxidation sites excluding steroid dienone is 1. The molecule has 0 saturated carbocycles. The van der Waals surface area contributed by atoms with Gasteiger partial charge in [-0.25, -0.2) is 23.4 Å². The second-order valence-corrected chi connectivity index (χ2v) is 13.6. The van der Waals surface area contributed by atoms with Crippen LogP contribution in [-0.2, 0) is 21.8 Å². The number of aromatic nitrogens is 4. The lowest BCUT2D eigenvalue weighted by Gasteiger charge is -2.13. The lowest BCUT2D eigenvalue weighted by atomic mass is 9.98. The molecule has 4 heterocycles. The maximum atomic E-state index is 12.7. The second kappa shape index (κ2) is 9.50. The highest BCUT2D eigenvalue weighted by atomic mass is 32.2. The van der Waals surface area contributed by atoms with Crippen molar-refractivity contribution in [3.05, 3.63) is 69.6 Å². The Morgan fingerprint density at radius 2 is 1.97 bits per heavy atom. The van der Waals surface area contributed by atoms with Gasteiger partial charge in [0, 0.05) is 28.6 Å². The van der Waals surface area contributed by atoms with Gasteiger partial charge in [-0.2, -0.15) is 0 Å². The predicted molar refractivity (Wildman–Crippen MR) is 147 cm³/mol. The van der Waals surface area contributed by atoms with E-state index < -0.39 is 9.84 Å². The number of aromatic amines is 1. The molecular weight excluding hydrogens is 506 g/mol. The third-order valence-electron chi connectivity index (χ3n) is 6.46. The fourth-order valence-corrected chi connectivity index (χ4v) is 6.34. The first-order valence-corrected chi connectivity index (χ1v) is 14.7. The van der Waals surface area contributed by atoms with Gasteiger partial charge >= 0.3 is 0 Å². The normalized spacial score (nSPS) is 15.5. The fourth-order valence-electron chi connectivity index (χ4n) is 4.30. The summed E-state index contributed by atoms with van der Waals surface area (Å²) in [6.45, 7) is 8.68. The molecule has 0 spiro atoms. The zero-order valence-corrected chi connectivity index (χ0v) is 22.9. The molecule has 10 heteroatoms. The van der Waals surface area contributed by atoms with Gasteiger partial charge in [0.25, 0.3) is 5.91 Å². The Balaban J connectivity index is 1.35. The standard InChI is InChI=1S/C27H29N5O3S2/c1-16-11-18(5-6-19(16)13-28-25(33)22-14-29-26(36-22)27(2,3)4)23-20-12-21(32-24(20)31-15-30-23)17-7-9-37(34,35)10-8-17/h5-7,11-12,14-15H,8-10,13H2,1-4H3,(H,28,33)(H,30,31,32). The van der Waals surface area contributed by atoms with Crippen molar-refractivity contribution in [1.29, 1.82) is 0 Å². The molecule has 1 aromatic carbocycles. The van der Waals surface area contributed by atoms with E-state index in [9.17, 15) is 13.2 Å². The monoisotopic (exact) mass is 535 g/mol. The van der Waals surface area contributed by atoms with Crippen LogP contribution >= 0.6 is 11.3 Å². The Morgan fingerprint density at radius 3 is 2.65 bits per heavy atom. The number of amides is 1. The molecule has 4 aromatic rings. The number of nitrogens with one attached hydrogen (secondary N) is 2. The molecule has 0 aliphatic carbocycles. The Hall–Kier alpha value is -3.37. The van der Waals surface area contributed by atoms with E-state index in [2.05, 4.69) is 52.1 Å². The second-order valence-electron chi connectivity index (χ2n) is 10.4. The van der Waals surface area contributed by atoms with Gasteiger partial charge in [0.2, 0.25) is 0 Å². The smallest absolute Gasteiger partial charge is 0.263 e. The molecule has 192 valence electrons. The summed E-state index contributed by atoms with van der Waals surface area (Å²) in [7, 11) is -2.99. The number of sulfone groups is 1. The molecule has 0 atom stereocenters. The molecule has 1 aliphatic rings. The minimum absolute atomic E-state index is 0.0637. The molecule has 1 amide bonds. The Bertz CT molecular complexity index is 1640. The zero-order valence-electron chi connectivity index (χ0n) is 21.3. The number of carbonyl (C=O) groups is 1. The first-order valence-electron chi connectivity index (χ1n) is 12.1. The minimum atomic E-state index is -2.99. The topological polar surface area (TPSA) is 118 Å². The van der Waals surface area contributed by atoms with Gasteiger partial charge < -0.3 is 10.3 Å². The van der Waals surface area contributed by atoms with Crippen molar-refractivity contribution in [2.75, 3.05) is 11.5 Å². The number of H-pyrrole nitrogens is 1. The summed E-state index contributed by atoms with van der Waals surface area (Å²) < 4.78 is 23.6. The van der Waals surface area contributed by atoms with Gasteiger partial charge in [-0.05, 0) is 42.2 Å². The summed E-state index contributed by atoms with van der Waals surface area (Å²) >= 11 is 1.43. The van der Waals surface area contributed by atoms with Crippen molar-refractivity contribution in [2.24, 2.45) is 0 Å². The number of carbonyl (C=O) groups excluding carboxylic acids is 1. The number of hydrogen-bond donors (Lipinski definition) is 2. The fraction of sp³-hybridized carbons (Fsp3) is 0.333. The van der Waals surface area contributed by atoms with Gasteiger partial charge in [0.15, 0.2) is 9.84 Å². The van der Waals surface area contributed by atoms with Crippen LogP contribution in [-0.4, -0.2) is 45.8 Å². The van der Waals surface area contributed by atoms with Crippen molar-refractivity contribution >= 4 is 43.7 Å². The van der Waals surface area contributed by atoms with E-state index in [1.807, 2.05) is 25.1 Å². The van der Waals surface area contributed by atoms with Gasteiger partial charge in [-0.15, -0.1) is 11.3 Å². The number of hydrogen-bond acceptors (Lipinski definition) is 7. The number of fused-ring (bicyclic) bond motifs is 1. The summed E-state index contributed by atoms with van der Waals surface area (Å²) in [6.07, 6.45) is 5.43. The maximum absolute atomic E-state index is 12.7. The van der Waals surface area contributed by atoms with E-state index in [1.54, 1.807) is 12.3 Å². The minimum Gasteiger partial charge on any atom is -0.347 e. The van der Waals surface area contributed by atoms with Crippen LogP contribution in [0.3, 0.4) is 0 Å². The van der Waals surface area contributed by atoms with Crippen LogP contribution in [0.2, 0.25) is 0 Å².